The summed E-state index contributed by atoms with van der Waals surface area (Å²) in [5.74, 6) is 0.156. The number of rotatable bonds is 5. The molecule has 5 nitrogen and oxygen atoms in total. The van der Waals surface area contributed by atoms with Gasteiger partial charge in [0, 0.05) is 19.6 Å². The van der Waals surface area contributed by atoms with Crippen LogP contribution in [0.25, 0.3) is 0 Å². The van der Waals surface area contributed by atoms with E-state index < -0.39 is 9.84 Å². The quantitative estimate of drug-likeness (QED) is 0.893. The lowest BCUT2D eigenvalue weighted by Gasteiger charge is -2.34. The molecule has 6 heteroatoms. The van der Waals surface area contributed by atoms with Crippen molar-refractivity contribution in [2.24, 2.45) is 5.41 Å². The molecular weight excluding hydrogens is 290 g/mol. The Morgan fingerprint density at radius 3 is 2.33 bits per heavy atom. The maximum Gasteiger partial charge on any atom is 0.178 e. The molecule has 21 heavy (non-hydrogen) atoms. The van der Waals surface area contributed by atoms with E-state index in [9.17, 15) is 13.5 Å². The molecular formula is C15H23NO4S. The Balaban J connectivity index is 2.05. The smallest absolute Gasteiger partial charge is 0.178 e. The highest BCUT2D eigenvalue weighted by molar-refractivity contribution is 7.91. The number of nitrogens with zero attached hydrogens (tertiary/aromatic N) is 1. The molecule has 0 spiro atoms. The third-order valence-electron chi connectivity index (χ3n) is 3.53. The van der Waals surface area contributed by atoms with Gasteiger partial charge in [0.2, 0.25) is 0 Å². The average molecular weight is 313 g/mol. The van der Waals surface area contributed by atoms with Crippen LogP contribution in [0.4, 0.5) is 0 Å². The molecule has 0 aromatic heterocycles. The number of sulfone groups is 1. The summed E-state index contributed by atoms with van der Waals surface area (Å²) >= 11 is 0. The molecule has 0 amide bonds. The molecule has 0 aliphatic carbocycles. The Morgan fingerprint density at radius 1 is 1.19 bits per heavy atom. The van der Waals surface area contributed by atoms with Crippen molar-refractivity contribution >= 4 is 9.84 Å². The van der Waals surface area contributed by atoms with E-state index in [2.05, 4.69) is 4.90 Å². The maximum atomic E-state index is 12.5. The number of phenols is 1. The van der Waals surface area contributed by atoms with E-state index in [4.69, 9.17) is 4.74 Å². The topological polar surface area (TPSA) is 66.8 Å². The van der Waals surface area contributed by atoms with Crippen LogP contribution in [0.3, 0.4) is 0 Å². The number of phenolic OH excluding ortho intramolecular Hbond substituents is 1. The van der Waals surface area contributed by atoms with Crippen molar-refractivity contribution < 1.29 is 18.3 Å². The fourth-order valence-electron chi connectivity index (χ4n) is 2.66. The first-order chi connectivity index (χ1) is 9.78. The molecule has 1 heterocycles. The Bertz CT molecular complexity index is 560. The van der Waals surface area contributed by atoms with Gasteiger partial charge < -0.3 is 9.84 Å². The van der Waals surface area contributed by atoms with Crippen molar-refractivity contribution in [1.29, 1.82) is 0 Å². The highest BCUT2D eigenvalue weighted by atomic mass is 32.2. The summed E-state index contributed by atoms with van der Waals surface area (Å²) in [6.07, 6.45) is 0. The van der Waals surface area contributed by atoms with E-state index in [1.54, 1.807) is 0 Å². The molecule has 0 atom stereocenters. The highest BCUT2D eigenvalue weighted by Crippen LogP contribution is 2.25. The van der Waals surface area contributed by atoms with Crippen LogP contribution < -0.4 is 0 Å². The summed E-state index contributed by atoms with van der Waals surface area (Å²) in [6, 6.07) is 5.72. The number of hydrogen-bond donors (Lipinski definition) is 1. The molecule has 118 valence electrons. The lowest BCUT2D eigenvalue weighted by Crippen LogP contribution is -2.44. The molecule has 1 N–H and O–H groups in total. The van der Waals surface area contributed by atoms with Gasteiger partial charge in [-0.15, -0.1) is 0 Å². The van der Waals surface area contributed by atoms with Crippen molar-refractivity contribution in [1.82, 2.24) is 4.90 Å². The monoisotopic (exact) mass is 313 g/mol. The van der Waals surface area contributed by atoms with Crippen LogP contribution >= 0.6 is 0 Å². The lowest BCUT2D eigenvalue weighted by molar-refractivity contribution is 0.0240. The number of ether oxygens (including phenoxy) is 1. The first kappa shape index (κ1) is 16.3. The van der Waals surface area contributed by atoms with Gasteiger partial charge in [-0.25, -0.2) is 8.42 Å². The van der Waals surface area contributed by atoms with E-state index in [-0.39, 0.29) is 21.8 Å². The first-order valence-corrected chi connectivity index (χ1v) is 8.76. The zero-order valence-corrected chi connectivity index (χ0v) is 13.4. The number of benzene rings is 1. The van der Waals surface area contributed by atoms with Crippen molar-refractivity contribution in [2.75, 3.05) is 38.6 Å². The van der Waals surface area contributed by atoms with Crippen molar-refractivity contribution in [2.45, 2.75) is 18.7 Å². The van der Waals surface area contributed by atoms with Gasteiger partial charge in [0.1, 0.15) is 5.75 Å². The summed E-state index contributed by atoms with van der Waals surface area (Å²) < 4.78 is 30.3. The Morgan fingerprint density at radius 2 is 1.76 bits per heavy atom. The summed E-state index contributed by atoms with van der Waals surface area (Å²) in [5, 5.41) is 9.26. The Hall–Kier alpha value is -1.11. The zero-order chi connectivity index (χ0) is 15.5. The average Bonchev–Trinajstić information content (AvgIpc) is 2.38. The molecule has 0 unspecified atom stereocenters. The van der Waals surface area contributed by atoms with Crippen LogP contribution in [0.5, 0.6) is 5.75 Å². The Labute approximate surface area is 126 Å². The van der Waals surface area contributed by atoms with Crippen LogP contribution in [-0.4, -0.2) is 57.0 Å². The van der Waals surface area contributed by atoms with Gasteiger partial charge in [-0.2, -0.15) is 0 Å². The molecule has 1 aromatic rings. The van der Waals surface area contributed by atoms with E-state index in [1.807, 2.05) is 13.8 Å². The molecule has 0 radical (unpaired) electrons. The minimum absolute atomic E-state index is 0.0709. The molecule has 1 aromatic carbocycles. The van der Waals surface area contributed by atoms with E-state index in [0.29, 0.717) is 13.2 Å². The van der Waals surface area contributed by atoms with Crippen molar-refractivity contribution in [3.63, 3.8) is 0 Å². The minimum atomic E-state index is -3.35. The number of aromatic hydroxyl groups is 1. The van der Waals surface area contributed by atoms with Gasteiger partial charge in [0.25, 0.3) is 0 Å². The van der Waals surface area contributed by atoms with Crippen molar-refractivity contribution in [3.8, 4) is 5.75 Å². The van der Waals surface area contributed by atoms with Gasteiger partial charge in [0.15, 0.2) is 9.84 Å². The van der Waals surface area contributed by atoms with E-state index in [1.165, 1.54) is 24.3 Å². The summed E-state index contributed by atoms with van der Waals surface area (Å²) in [4.78, 5) is 2.51. The second-order valence-corrected chi connectivity index (χ2v) is 8.30. The summed E-state index contributed by atoms with van der Waals surface area (Å²) in [6.45, 7) is 7.79. The third kappa shape index (κ3) is 4.69. The van der Waals surface area contributed by atoms with Gasteiger partial charge in [-0.1, -0.05) is 13.8 Å². The number of hydrogen-bond acceptors (Lipinski definition) is 5. The zero-order valence-electron chi connectivity index (χ0n) is 12.6. The van der Waals surface area contributed by atoms with Crippen LogP contribution in [0, 0.1) is 5.41 Å². The van der Waals surface area contributed by atoms with Crippen LogP contribution in [0.1, 0.15) is 13.8 Å². The van der Waals surface area contributed by atoms with E-state index >= 15 is 0 Å². The second-order valence-electron chi connectivity index (χ2n) is 6.31. The van der Waals surface area contributed by atoms with Gasteiger partial charge in [-0.05, 0) is 29.7 Å². The lowest BCUT2D eigenvalue weighted by atomic mass is 9.95. The third-order valence-corrected chi connectivity index (χ3v) is 5.68. The summed E-state index contributed by atoms with van der Waals surface area (Å²) in [7, 11) is -3.35. The molecule has 1 aliphatic heterocycles. The predicted molar refractivity (Wildman–Crippen MR) is 81.2 cm³/mol. The fourth-order valence-corrected chi connectivity index (χ4v) is 4.50. The van der Waals surface area contributed by atoms with Gasteiger partial charge >= 0.3 is 0 Å². The maximum absolute atomic E-state index is 12.5. The van der Waals surface area contributed by atoms with Crippen molar-refractivity contribution in [3.05, 3.63) is 24.3 Å². The van der Waals surface area contributed by atoms with Gasteiger partial charge in [0.05, 0.1) is 23.9 Å². The normalized spacial score (nSPS) is 17.8. The molecule has 1 aliphatic rings. The number of morpholine rings is 1. The van der Waals surface area contributed by atoms with Crippen LogP contribution in [0.15, 0.2) is 29.2 Å². The van der Waals surface area contributed by atoms with Gasteiger partial charge in [-0.3, -0.25) is 4.90 Å². The largest absolute Gasteiger partial charge is 0.508 e. The standard InChI is InChI=1S/C15H23NO4S/c1-15(2,11-16-7-9-20-10-8-16)12-21(18,19)14-5-3-13(17)4-6-14/h3-6,17H,7-12H2,1-2H3. The van der Waals surface area contributed by atoms with E-state index in [0.717, 1.165) is 19.6 Å². The van der Waals surface area contributed by atoms with Crippen LogP contribution in [-0.2, 0) is 14.6 Å². The second kappa shape index (κ2) is 6.34. The summed E-state index contributed by atoms with van der Waals surface area (Å²) in [5.41, 5.74) is -0.339. The van der Waals surface area contributed by atoms with Crippen LogP contribution in [0.2, 0.25) is 0 Å². The minimum Gasteiger partial charge on any atom is -0.508 e. The molecule has 0 bridgehead atoms. The predicted octanol–water partition coefficient (Wildman–Crippen LogP) is 1.52. The highest BCUT2D eigenvalue weighted by Gasteiger charge is 2.30. The SMILES string of the molecule is CC(C)(CN1CCOCC1)CS(=O)(=O)c1ccc(O)cc1. The molecule has 1 saturated heterocycles. The first-order valence-electron chi connectivity index (χ1n) is 7.10. The Kier molecular flexibility index (Phi) is 4.91. The molecule has 1 fully saturated rings. The molecule has 2 rings (SSSR count). The fraction of sp³-hybridized carbons (Fsp3) is 0.600. The molecule has 0 saturated carbocycles.